The van der Waals surface area contributed by atoms with E-state index in [0.29, 0.717) is 6.04 Å². The smallest absolute Gasteiger partial charge is 0.0259 e. The van der Waals surface area contributed by atoms with Crippen molar-refractivity contribution < 1.29 is 0 Å². The number of nitrogens with one attached hydrogen (secondary N) is 1. The Labute approximate surface area is 112 Å². The summed E-state index contributed by atoms with van der Waals surface area (Å²) in [7, 11) is 0. The quantitative estimate of drug-likeness (QED) is 0.814. The van der Waals surface area contributed by atoms with Crippen molar-refractivity contribution in [2.24, 2.45) is 0 Å². The van der Waals surface area contributed by atoms with Crippen LogP contribution in [-0.2, 0) is 0 Å². The van der Waals surface area contributed by atoms with Gasteiger partial charge in [-0.15, -0.1) is 24.8 Å². The maximum Gasteiger partial charge on any atom is 0.0259 e. The Balaban J connectivity index is 0.00000112. The van der Waals surface area contributed by atoms with Gasteiger partial charge in [0.25, 0.3) is 0 Å². The molecule has 98 valence electrons. The summed E-state index contributed by atoms with van der Waals surface area (Å²) in [6.45, 7) is 12.1. The van der Waals surface area contributed by atoms with Crippen LogP contribution >= 0.6 is 24.8 Å². The van der Waals surface area contributed by atoms with Crippen molar-refractivity contribution in [3.63, 3.8) is 0 Å². The van der Waals surface area contributed by atoms with Gasteiger partial charge in [-0.05, 0) is 26.4 Å². The summed E-state index contributed by atoms with van der Waals surface area (Å²) in [5, 5.41) is 3.54. The summed E-state index contributed by atoms with van der Waals surface area (Å²) >= 11 is 0. The molecule has 0 spiro atoms. The zero-order valence-electron chi connectivity index (χ0n) is 10.3. The van der Waals surface area contributed by atoms with Crippen LogP contribution in [0.1, 0.15) is 20.3 Å². The molecule has 2 aliphatic heterocycles. The van der Waals surface area contributed by atoms with Crippen LogP contribution < -0.4 is 5.32 Å². The molecule has 0 unspecified atom stereocenters. The van der Waals surface area contributed by atoms with Crippen LogP contribution in [0.5, 0.6) is 0 Å². The minimum Gasteiger partial charge on any atom is -0.313 e. The molecule has 2 fully saturated rings. The highest BCUT2D eigenvalue weighted by Crippen LogP contribution is 2.16. The number of halogens is 2. The van der Waals surface area contributed by atoms with Crippen molar-refractivity contribution in [2.75, 3.05) is 39.3 Å². The Bertz CT molecular complexity index is 184. The van der Waals surface area contributed by atoms with Gasteiger partial charge < -0.3 is 10.2 Å². The fraction of sp³-hybridized carbons (Fsp3) is 1.00. The first-order chi connectivity index (χ1) is 6.81. The minimum atomic E-state index is 0. The highest BCUT2D eigenvalue weighted by Gasteiger charge is 2.30. The van der Waals surface area contributed by atoms with E-state index in [1.165, 1.54) is 45.7 Å². The van der Waals surface area contributed by atoms with Crippen LogP contribution in [-0.4, -0.2) is 61.2 Å². The molecule has 0 aromatic carbocycles. The Morgan fingerprint density at radius 2 is 1.75 bits per heavy atom. The lowest BCUT2D eigenvalue weighted by Gasteiger charge is -2.38. The van der Waals surface area contributed by atoms with Crippen LogP contribution in [0, 0.1) is 0 Å². The van der Waals surface area contributed by atoms with Crippen molar-refractivity contribution in [3.05, 3.63) is 0 Å². The summed E-state index contributed by atoms with van der Waals surface area (Å²) in [5.41, 5.74) is 0. The molecule has 0 aromatic rings. The standard InChI is InChI=1S/C11H23N3.2ClH/c1-3-13-6-8-14(9-7-13)11-4-5-12-10(11)2;;/h10-12H,3-9H2,1-2H3;2*1H/t10-,11-;;/m0../s1. The van der Waals surface area contributed by atoms with Crippen LogP contribution in [0.25, 0.3) is 0 Å². The van der Waals surface area contributed by atoms with E-state index >= 15 is 0 Å². The van der Waals surface area contributed by atoms with Crippen molar-refractivity contribution in [3.8, 4) is 0 Å². The molecular weight excluding hydrogens is 245 g/mol. The van der Waals surface area contributed by atoms with E-state index in [1.54, 1.807) is 0 Å². The molecule has 1 N–H and O–H groups in total. The average molecular weight is 270 g/mol. The molecule has 0 amide bonds. The van der Waals surface area contributed by atoms with Crippen molar-refractivity contribution in [1.82, 2.24) is 15.1 Å². The van der Waals surface area contributed by atoms with E-state index in [1.807, 2.05) is 0 Å². The van der Waals surface area contributed by atoms with E-state index < -0.39 is 0 Å². The highest BCUT2D eigenvalue weighted by molar-refractivity contribution is 5.85. The molecule has 2 atom stereocenters. The third-order valence-corrected chi connectivity index (χ3v) is 3.81. The van der Waals surface area contributed by atoms with Gasteiger partial charge in [0.1, 0.15) is 0 Å². The molecule has 0 aromatic heterocycles. The lowest BCUT2D eigenvalue weighted by Crippen LogP contribution is -2.52. The summed E-state index contributed by atoms with van der Waals surface area (Å²) in [4.78, 5) is 5.22. The first-order valence-corrected chi connectivity index (χ1v) is 6.01. The molecule has 16 heavy (non-hydrogen) atoms. The van der Waals surface area contributed by atoms with Crippen molar-refractivity contribution in [2.45, 2.75) is 32.4 Å². The SMILES string of the molecule is CCN1CCN([C@H]2CCN[C@H]2C)CC1.Cl.Cl. The average Bonchev–Trinajstić information content (AvgIpc) is 2.65. The molecule has 3 nitrogen and oxygen atoms in total. The lowest BCUT2D eigenvalue weighted by molar-refractivity contribution is 0.0955. The monoisotopic (exact) mass is 269 g/mol. The first kappa shape index (κ1) is 16.5. The zero-order chi connectivity index (χ0) is 9.97. The molecule has 0 saturated carbocycles. The normalized spacial score (nSPS) is 31.9. The predicted octanol–water partition coefficient (Wildman–Crippen LogP) is 1.22. The molecule has 2 rings (SSSR count). The summed E-state index contributed by atoms with van der Waals surface area (Å²) in [5.74, 6) is 0. The summed E-state index contributed by atoms with van der Waals surface area (Å²) in [6, 6.07) is 1.50. The second kappa shape index (κ2) is 7.72. The maximum atomic E-state index is 3.54. The Morgan fingerprint density at radius 1 is 1.12 bits per heavy atom. The molecule has 0 radical (unpaired) electrons. The Kier molecular flexibility index (Phi) is 7.94. The maximum absolute atomic E-state index is 3.54. The van der Waals surface area contributed by atoms with Crippen LogP contribution in [0.15, 0.2) is 0 Å². The topological polar surface area (TPSA) is 18.5 Å². The van der Waals surface area contributed by atoms with E-state index in [-0.39, 0.29) is 24.8 Å². The number of rotatable bonds is 2. The predicted molar refractivity (Wildman–Crippen MR) is 74.1 cm³/mol. The van der Waals surface area contributed by atoms with Gasteiger partial charge in [0.15, 0.2) is 0 Å². The van der Waals surface area contributed by atoms with Crippen LogP contribution in [0.4, 0.5) is 0 Å². The minimum absolute atomic E-state index is 0. The van der Waals surface area contributed by atoms with Crippen molar-refractivity contribution >= 4 is 24.8 Å². The number of hydrogen-bond donors (Lipinski definition) is 1. The zero-order valence-corrected chi connectivity index (χ0v) is 11.9. The highest BCUT2D eigenvalue weighted by atomic mass is 35.5. The van der Waals surface area contributed by atoms with E-state index in [9.17, 15) is 0 Å². The summed E-state index contributed by atoms with van der Waals surface area (Å²) < 4.78 is 0. The number of piperazine rings is 1. The second-order valence-electron chi connectivity index (χ2n) is 4.57. The van der Waals surface area contributed by atoms with E-state index in [2.05, 4.69) is 29.0 Å². The number of nitrogens with zero attached hydrogens (tertiary/aromatic N) is 2. The van der Waals surface area contributed by atoms with Gasteiger partial charge in [0.05, 0.1) is 0 Å². The largest absolute Gasteiger partial charge is 0.313 e. The third-order valence-electron chi connectivity index (χ3n) is 3.81. The number of likely N-dealkylation sites (N-methyl/N-ethyl adjacent to an activating group) is 1. The molecule has 2 aliphatic rings. The van der Waals surface area contributed by atoms with E-state index in [4.69, 9.17) is 0 Å². The Hall–Kier alpha value is 0.460. The molecule has 0 bridgehead atoms. The van der Waals surface area contributed by atoms with Gasteiger partial charge in [-0.25, -0.2) is 0 Å². The van der Waals surface area contributed by atoms with Crippen molar-refractivity contribution in [1.29, 1.82) is 0 Å². The number of hydrogen-bond acceptors (Lipinski definition) is 3. The molecular formula is C11H25Cl2N3. The molecule has 2 heterocycles. The Morgan fingerprint density at radius 3 is 2.19 bits per heavy atom. The third kappa shape index (κ3) is 3.74. The van der Waals surface area contributed by atoms with Gasteiger partial charge in [-0.2, -0.15) is 0 Å². The van der Waals surface area contributed by atoms with Gasteiger partial charge in [-0.1, -0.05) is 6.92 Å². The molecule has 5 heteroatoms. The first-order valence-electron chi connectivity index (χ1n) is 6.01. The van der Waals surface area contributed by atoms with Gasteiger partial charge >= 0.3 is 0 Å². The van der Waals surface area contributed by atoms with Gasteiger partial charge in [-0.3, -0.25) is 4.90 Å². The van der Waals surface area contributed by atoms with Crippen LogP contribution in [0.2, 0.25) is 0 Å². The summed E-state index contributed by atoms with van der Waals surface area (Å²) in [6.07, 6.45) is 1.34. The van der Waals surface area contributed by atoms with Gasteiger partial charge in [0, 0.05) is 38.3 Å². The van der Waals surface area contributed by atoms with Gasteiger partial charge in [0.2, 0.25) is 0 Å². The second-order valence-corrected chi connectivity index (χ2v) is 4.57. The fourth-order valence-electron chi connectivity index (χ4n) is 2.75. The van der Waals surface area contributed by atoms with E-state index in [0.717, 1.165) is 6.04 Å². The molecule has 0 aliphatic carbocycles. The lowest BCUT2D eigenvalue weighted by atomic mass is 10.1. The van der Waals surface area contributed by atoms with Crippen LogP contribution in [0.3, 0.4) is 0 Å². The molecule has 2 saturated heterocycles. The fourth-order valence-corrected chi connectivity index (χ4v) is 2.75.